The van der Waals surface area contributed by atoms with Gasteiger partial charge in [0, 0.05) is 0 Å². The monoisotopic (exact) mass is 486 g/mol. The van der Waals surface area contributed by atoms with Crippen molar-refractivity contribution in [2.75, 3.05) is 24.6 Å². The van der Waals surface area contributed by atoms with E-state index >= 15 is 0 Å². The molecule has 0 bridgehead atoms. The first kappa shape index (κ1) is 10.7. The van der Waals surface area contributed by atoms with Crippen molar-refractivity contribution in [3.05, 3.63) is 0 Å². The zero-order valence-corrected chi connectivity index (χ0v) is 19.2. The van der Waals surface area contributed by atoms with Gasteiger partial charge in [0.2, 0.25) is 0 Å². The SMILES string of the molecule is CCP(CC)[C]12[CH]3[CH]4[CH]5[C]1(P(CC)CC)[Hf]43521678[CH]2[CH]1[CH]6[CH]7[CH]28. The zero-order chi connectivity index (χ0) is 13.9. The summed E-state index contributed by atoms with van der Waals surface area (Å²) in [6.07, 6.45) is 6.53. The van der Waals surface area contributed by atoms with Gasteiger partial charge in [0.15, 0.2) is 0 Å². The molecule has 114 valence electrons. The molecule has 10 fully saturated rings. The number of hydrogen-bond donors (Lipinski definition) is 0. The van der Waals surface area contributed by atoms with E-state index in [1.165, 1.54) is 5.83 Å². The van der Waals surface area contributed by atoms with Crippen LogP contribution in [0.3, 0.4) is 0 Å². The molecule has 1 spiro atoms. The standard InChI is InChI=1S/C13H23P2.C5H5.Hf/c1-5-14(6-2)12-10-9-11-13(12)15(7-3)8-4;1-2-4-5-3-1;/h9-11H,5-8H2,1-4H3;1-5H;. The Morgan fingerprint density at radius 2 is 0.952 bits per heavy atom. The predicted octanol–water partition coefficient (Wildman–Crippen LogP) is 6.23. The van der Waals surface area contributed by atoms with Crippen molar-refractivity contribution in [2.45, 2.75) is 62.9 Å². The van der Waals surface area contributed by atoms with Gasteiger partial charge in [-0.15, -0.1) is 0 Å². The maximum absolute atomic E-state index is 3.63. The van der Waals surface area contributed by atoms with Crippen LogP contribution in [0, 0.1) is 0 Å². The minimum absolute atomic E-state index is 0.467. The van der Waals surface area contributed by atoms with Gasteiger partial charge in [0.1, 0.15) is 0 Å². The van der Waals surface area contributed by atoms with Crippen LogP contribution < -0.4 is 0 Å². The first-order valence-electron chi connectivity index (χ1n) is 10.5. The van der Waals surface area contributed by atoms with Crippen LogP contribution in [0.25, 0.3) is 0 Å². The molecule has 0 saturated carbocycles. The van der Waals surface area contributed by atoms with Crippen molar-refractivity contribution < 1.29 is 11.2 Å². The van der Waals surface area contributed by atoms with Crippen LogP contribution in [0.2, 0.25) is 29.4 Å². The fourth-order valence-corrected chi connectivity index (χ4v) is 502. The predicted molar refractivity (Wildman–Crippen MR) is 91.5 cm³/mol. The van der Waals surface area contributed by atoms with Crippen LogP contribution in [0.15, 0.2) is 0 Å². The van der Waals surface area contributed by atoms with Crippen LogP contribution in [-0.4, -0.2) is 30.5 Å². The van der Waals surface area contributed by atoms with Gasteiger partial charge in [-0.1, -0.05) is 0 Å². The molecule has 0 aromatic rings. The third-order valence-corrected chi connectivity index (χ3v) is 194. The second-order valence-electron chi connectivity index (χ2n) is 15.1. The molecule has 0 nitrogen and oxygen atoms in total. The topological polar surface area (TPSA) is 0 Å². The second-order valence-corrected chi connectivity index (χ2v) is 99.7. The van der Waals surface area contributed by atoms with Crippen LogP contribution in [0.1, 0.15) is 27.7 Å². The summed E-state index contributed by atoms with van der Waals surface area (Å²) < 4.78 is 15.2. The van der Waals surface area contributed by atoms with Gasteiger partial charge in [0.05, 0.1) is 0 Å². The van der Waals surface area contributed by atoms with Crippen LogP contribution in [0.4, 0.5) is 0 Å². The minimum atomic E-state index is -3.63. The van der Waals surface area contributed by atoms with Gasteiger partial charge in [0.25, 0.3) is 0 Å². The summed E-state index contributed by atoms with van der Waals surface area (Å²) in [6, 6.07) is 0. The summed E-state index contributed by atoms with van der Waals surface area (Å²) >= 11 is -3.63. The first-order chi connectivity index (χ1) is 9.98. The normalized spacial score (nSPS) is 103. The Balaban J connectivity index is 1.49. The molecule has 0 aromatic heterocycles. The molecule has 0 radical (unpaired) electrons. The Morgan fingerprint density at radius 1 is 0.619 bits per heavy atom. The first-order valence-corrected chi connectivity index (χ1v) is 34.1. The fourth-order valence-electron chi connectivity index (χ4n) is 27.6. The Morgan fingerprint density at radius 3 is 1.14 bits per heavy atom. The Kier molecular flexibility index (Phi) is 0.551. The van der Waals surface area contributed by atoms with Crippen LogP contribution >= 0.6 is 15.8 Å². The van der Waals surface area contributed by atoms with Gasteiger partial charge in [-0.3, -0.25) is 0 Å². The summed E-state index contributed by atoms with van der Waals surface area (Å²) in [5.74, 6) is 0. The van der Waals surface area contributed by atoms with Gasteiger partial charge < -0.3 is 0 Å². The van der Waals surface area contributed by atoms with E-state index in [9.17, 15) is 0 Å². The van der Waals surface area contributed by atoms with Crippen molar-refractivity contribution >= 4 is 15.8 Å². The van der Waals surface area contributed by atoms with Crippen molar-refractivity contribution in [2.24, 2.45) is 0 Å². The van der Waals surface area contributed by atoms with Crippen LogP contribution in [0.5, 0.6) is 0 Å². The molecule has 3 heteroatoms. The van der Waals surface area contributed by atoms with Crippen LogP contribution in [-0.2, 0) is 11.2 Å². The molecule has 10 saturated heterocycles. The summed E-state index contributed by atoms with van der Waals surface area (Å²) in [5, 5.41) is 0. The van der Waals surface area contributed by atoms with E-state index in [1.807, 2.05) is 0 Å². The molecule has 0 aromatic carbocycles. The zero-order valence-electron chi connectivity index (χ0n) is 13.8. The molecule has 0 amide bonds. The third-order valence-electron chi connectivity index (χ3n) is 22.8. The molecule has 10 aliphatic heterocycles. The Labute approximate surface area is 114 Å². The van der Waals surface area contributed by atoms with E-state index < -0.39 is 11.2 Å². The van der Waals surface area contributed by atoms with Crippen molar-refractivity contribution in [3.8, 4) is 0 Å². The van der Waals surface area contributed by atoms with Gasteiger partial charge in [-0.25, -0.2) is 0 Å². The molecule has 21 heavy (non-hydrogen) atoms. The maximum atomic E-state index is 2.61. The molecular weight excluding hydrogens is 457 g/mol. The van der Waals surface area contributed by atoms with Crippen molar-refractivity contribution in [1.29, 1.82) is 0 Å². The van der Waals surface area contributed by atoms with E-state index in [4.69, 9.17) is 0 Å². The molecule has 10 aliphatic rings. The summed E-state index contributed by atoms with van der Waals surface area (Å²) in [7, 11) is 0.935. The quantitative estimate of drug-likeness (QED) is 0.309. The van der Waals surface area contributed by atoms with Crippen molar-refractivity contribution in [1.82, 2.24) is 0 Å². The summed E-state index contributed by atoms with van der Waals surface area (Å²) in [6.45, 7) is 10.5. The summed E-state index contributed by atoms with van der Waals surface area (Å²) in [4.78, 5) is 0. The molecule has 0 N–H and O–H groups in total. The third kappa shape index (κ3) is 0.137. The van der Waals surface area contributed by atoms with E-state index in [2.05, 4.69) is 27.7 Å². The van der Waals surface area contributed by atoms with Gasteiger partial charge in [-0.05, 0) is 0 Å². The molecule has 0 aliphatic carbocycles. The number of rotatable bonds is 6. The number of hydrogen-bond acceptors (Lipinski definition) is 0. The number of fused-ring (bicyclic) bond motifs is 10. The average Bonchev–Trinajstić information content (AvgIpc) is 3.44. The van der Waals surface area contributed by atoms with Gasteiger partial charge in [-0.2, -0.15) is 0 Å². The molecular formula is C18H28HfP2. The van der Waals surface area contributed by atoms with E-state index in [0.717, 1.165) is 0 Å². The molecule has 4 atom stereocenters. The van der Waals surface area contributed by atoms with E-state index in [0.29, 0.717) is 15.8 Å². The average molecular weight is 485 g/mol. The van der Waals surface area contributed by atoms with E-state index in [1.54, 1.807) is 54.0 Å². The second kappa shape index (κ2) is 1.09. The molecule has 4 unspecified atom stereocenters. The summed E-state index contributed by atoms with van der Waals surface area (Å²) in [5.41, 5.74) is 0. The Bertz CT molecular complexity index is 964. The van der Waals surface area contributed by atoms with E-state index in [-0.39, 0.29) is 0 Å². The fraction of sp³-hybridized carbons (Fsp3) is 1.00. The molecule has 10 rings (SSSR count). The van der Waals surface area contributed by atoms with Crippen molar-refractivity contribution in [3.63, 3.8) is 0 Å². The van der Waals surface area contributed by atoms with Gasteiger partial charge >= 0.3 is 115 Å². The Hall–Kier alpha value is 1.73. The molecule has 10 heterocycles.